The zero-order valence-electron chi connectivity index (χ0n) is 21.1. The van der Waals surface area contributed by atoms with Crippen LogP contribution in [0.25, 0.3) is 39.3 Å². The molecule has 1 atom stereocenters. The van der Waals surface area contributed by atoms with Crippen molar-refractivity contribution in [1.29, 1.82) is 0 Å². The molecule has 6 heteroatoms. The standard InChI is InChI=1S/C32H27ClN2O3/c1-3-31(32(36)37)38-26-11-7-9-22(19-26)27-12-4-5-13-28(27)29-20-30(23-10-6-8-21(2)18-23)35(34-29)25-16-14-24(33)15-17-25/h4-20,31H,3H2,1-2H3,(H,36,37). The number of halogens is 1. The van der Waals surface area contributed by atoms with E-state index in [1.165, 1.54) is 0 Å². The van der Waals surface area contributed by atoms with E-state index in [9.17, 15) is 9.90 Å². The number of aromatic nitrogens is 2. The average Bonchev–Trinajstić information content (AvgIpc) is 3.37. The van der Waals surface area contributed by atoms with Gasteiger partial charge < -0.3 is 9.84 Å². The Hall–Kier alpha value is -4.35. The summed E-state index contributed by atoms with van der Waals surface area (Å²) in [6.45, 7) is 3.87. The first-order chi connectivity index (χ1) is 18.4. The van der Waals surface area contributed by atoms with E-state index in [1.54, 1.807) is 13.0 Å². The number of hydrogen-bond donors (Lipinski definition) is 1. The van der Waals surface area contributed by atoms with Gasteiger partial charge in [-0.2, -0.15) is 5.10 Å². The number of nitrogens with zero attached hydrogens (tertiary/aromatic N) is 2. The summed E-state index contributed by atoms with van der Waals surface area (Å²) in [4.78, 5) is 11.5. The first-order valence-electron chi connectivity index (χ1n) is 12.5. The number of carboxylic acids is 1. The van der Waals surface area contributed by atoms with Crippen molar-refractivity contribution < 1.29 is 14.6 Å². The number of ether oxygens (including phenoxy) is 1. The molecule has 5 rings (SSSR count). The molecule has 1 heterocycles. The summed E-state index contributed by atoms with van der Waals surface area (Å²) in [6, 6.07) is 33.7. The molecule has 1 N–H and O–H groups in total. The van der Waals surface area contributed by atoms with Crippen LogP contribution in [0.5, 0.6) is 5.75 Å². The lowest BCUT2D eigenvalue weighted by Crippen LogP contribution is -2.25. The van der Waals surface area contributed by atoms with Crippen LogP contribution in [0.1, 0.15) is 18.9 Å². The molecular weight excluding hydrogens is 496 g/mol. The number of hydrogen-bond acceptors (Lipinski definition) is 3. The van der Waals surface area contributed by atoms with Gasteiger partial charge in [-0.25, -0.2) is 9.48 Å². The third-order valence-corrected chi connectivity index (χ3v) is 6.62. The van der Waals surface area contributed by atoms with Gasteiger partial charge in [-0.15, -0.1) is 0 Å². The summed E-state index contributed by atoms with van der Waals surface area (Å²) in [5, 5.41) is 15.1. The first-order valence-corrected chi connectivity index (χ1v) is 12.8. The van der Waals surface area contributed by atoms with E-state index in [0.717, 1.165) is 44.9 Å². The predicted octanol–water partition coefficient (Wildman–Crippen LogP) is 8.08. The van der Waals surface area contributed by atoms with Crippen molar-refractivity contribution in [2.24, 2.45) is 0 Å². The summed E-state index contributed by atoms with van der Waals surface area (Å²) < 4.78 is 7.70. The minimum Gasteiger partial charge on any atom is -0.479 e. The van der Waals surface area contributed by atoms with Crippen LogP contribution in [0.4, 0.5) is 0 Å². The molecule has 0 saturated heterocycles. The Morgan fingerprint density at radius 2 is 1.61 bits per heavy atom. The van der Waals surface area contributed by atoms with Crippen molar-refractivity contribution in [3.63, 3.8) is 0 Å². The minimum atomic E-state index is -0.977. The normalized spacial score (nSPS) is 11.8. The number of carboxylic acid groups (broad SMARTS) is 1. The molecule has 0 bridgehead atoms. The largest absolute Gasteiger partial charge is 0.479 e. The van der Waals surface area contributed by atoms with Gasteiger partial charge in [-0.1, -0.05) is 78.7 Å². The Bertz CT molecular complexity index is 1590. The Morgan fingerprint density at radius 1 is 0.895 bits per heavy atom. The van der Waals surface area contributed by atoms with Gasteiger partial charge in [0.2, 0.25) is 0 Å². The van der Waals surface area contributed by atoms with Crippen LogP contribution in [-0.4, -0.2) is 27.0 Å². The number of rotatable bonds is 8. The van der Waals surface area contributed by atoms with Crippen molar-refractivity contribution in [1.82, 2.24) is 9.78 Å². The highest BCUT2D eigenvalue weighted by Crippen LogP contribution is 2.36. The lowest BCUT2D eigenvalue weighted by Gasteiger charge is -2.15. The van der Waals surface area contributed by atoms with E-state index < -0.39 is 12.1 Å². The second-order valence-corrected chi connectivity index (χ2v) is 9.54. The topological polar surface area (TPSA) is 64.4 Å². The Balaban J connectivity index is 1.62. The zero-order chi connectivity index (χ0) is 26.6. The molecule has 0 spiro atoms. The molecule has 5 aromatic rings. The molecule has 38 heavy (non-hydrogen) atoms. The maximum atomic E-state index is 11.5. The van der Waals surface area contributed by atoms with Gasteiger partial charge in [-0.05, 0) is 73.0 Å². The summed E-state index contributed by atoms with van der Waals surface area (Å²) in [7, 11) is 0. The fraction of sp³-hybridized carbons (Fsp3) is 0.125. The number of carbonyl (C=O) groups is 1. The van der Waals surface area contributed by atoms with Gasteiger partial charge in [0.05, 0.1) is 17.1 Å². The molecule has 0 fully saturated rings. The molecule has 0 aliphatic heterocycles. The molecule has 0 saturated carbocycles. The highest BCUT2D eigenvalue weighted by atomic mass is 35.5. The van der Waals surface area contributed by atoms with Crippen LogP contribution in [-0.2, 0) is 4.79 Å². The maximum Gasteiger partial charge on any atom is 0.344 e. The van der Waals surface area contributed by atoms with Crippen molar-refractivity contribution in [2.45, 2.75) is 26.4 Å². The molecule has 0 aliphatic rings. The number of aliphatic carboxylic acids is 1. The van der Waals surface area contributed by atoms with E-state index >= 15 is 0 Å². The number of benzene rings is 4. The third kappa shape index (κ3) is 5.34. The zero-order valence-corrected chi connectivity index (χ0v) is 21.9. The van der Waals surface area contributed by atoms with E-state index in [0.29, 0.717) is 17.2 Å². The monoisotopic (exact) mass is 522 g/mol. The van der Waals surface area contributed by atoms with Gasteiger partial charge >= 0.3 is 5.97 Å². The van der Waals surface area contributed by atoms with Gasteiger partial charge in [0.1, 0.15) is 5.75 Å². The fourth-order valence-electron chi connectivity index (χ4n) is 4.47. The van der Waals surface area contributed by atoms with Crippen LogP contribution in [0.2, 0.25) is 5.02 Å². The lowest BCUT2D eigenvalue weighted by molar-refractivity contribution is -0.145. The Morgan fingerprint density at radius 3 is 2.32 bits per heavy atom. The highest BCUT2D eigenvalue weighted by Gasteiger charge is 2.19. The van der Waals surface area contributed by atoms with Gasteiger partial charge in [0.15, 0.2) is 6.10 Å². The van der Waals surface area contributed by atoms with Crippen LogP contribution < -0.4 is 4.74 Å². The van der Waals surface area contributed by atoms with Crippen LogP contribution in [0, 0.1) is 6.92 Å². The molecule has 1 aromatic heterocycles. The minimum absolute atomic E-state index is 0.375. The smallest absolute Gasteiger partial charge is 0.344 e. The Labute approximate surface area is 226 Å². The van der Waals surface area contributed by atoms with Gasteiger partial charge in [0.25, 0.3) is 0 Å². The SMILES string of the molecule is CCC(Oc1cccc(-c2ccccc2-c2cc(-c3cccc(C)c3)n(-c3ccc(Cl)cc3)n2)c1)C(=O)O. The van der Waals surface area contributed by atoms with E-state index in [1.807, 2.05) is 77.5 Å². The molecular formula is C32H27ClN2O3. The molecule has 4 aromatic carbocycles. The first kappa shape index (κ1) is 25.3. The quantitative estimate of drug-likeness (QED) is 0.224. The van der Waals surface area contributed by atoms with Crippen molar-refractivity contribution >= 4 is 17.6 Å². The van der Waals surface area contributed by atoms with Crippen LogP contribution >= 0.6 is 11.6 Å². The van der Waals surface area contributed by atoms with Crippen molar-refractivity contribution in [3.8, 4) is 45.1 Å². The van der Waals surface area contributed by atoms with Gasteiger partial charge in [-0.3, -0.25) is 0 Å². The summed E-state index contributed by atoms with van der Waals surface area (Å²) >= 11 is 6.16. The highest BCUT2D eigenvalue weighted by molar-refractivity contribution is 6.30. The Kier molecular flexibility index (Phi) is 7.29. The molecule has 5 nitrogen and oxygen atoms in total. The van der Waals surface area contributed by atoms with Crippen LogP contribution in [0.3, 0.4) is 0 Å². The molecule has 1 unspecified atom stereocenters. The van der Waals surface area contributed by atoms with E-state index in [-0.39, 0.29) is 0 Å². The van der Waals surface area contributed by atoms with Crippen LogP contribution in [0.15, 0.2) is 103 Å². The predicted molar refractivity (Wildman–Crippen MR) is 152 cm³/mol. The second-order valence-electron chi connectivity index (χ2n) is 9.10. The molecule has 0 radical (unpaired) electrons. The van der Waals surface area contributed by atoms with E-state index in [4.69, 9.17) is 21.4 Å². The fourth-order valence-corrected chi connectivity index (χ4v) is 4.60. The van der Waals surface area contributed by atoms with Crippen molar-refractivity contribution in [3.05, 3.63) is 114 Å². The average molecular weight is 523 g/mol. The summed E-state index contributed by atoms with van der Waals surface area (Å²) in [5.41, 5.74) is 7.75. The molecule has 0 amide bonds. The molecule has 0 aliphatic carbocycles. The summed E-state index contributed by atoms with van der Waals surface area (Å²) in [6.07, 6.45) is -0.521. The third-order valence-electron chi connectivity index (χ3n) is 6.37. The maximum absolute atomic E-state index is 11.5. The second kappa shape index (κ2) is 11.0. The van der Waals surface area contributed by atoms with E-state index in [2.05, 4.69) is 31.2 Å². The van der Waals surface area contributed by atoms with Crippen molar-refractivity contribution in [2.75, 3.05) is 0 Å². The number of aryl methyl sites for hydroxylation is 1. The lowest BCUT2D eigenvalue weighted by atomic mass is 9.97. The van der Waals surface area contributed by atoms with Gasteiger partial charge in [0, 0.05) is 16.1 Å². The molecule has 190 valence electrons. The summed E-state index contributed by atoms with van der Waals surface area (Å²) in [5.74, 6) is -0.464.